The van der Waals surface area contributed by atoms with E-state index in [1.807, 2.05) is 0 Å². The molecule has 2 aromatic heterocycles. The van der Waals surface area contributed by atoms with Crippen LogP contribution in [0.15, 0.2) is 36.9 Å². The summed E-state index contributed by atoms with van der Waals surface area (Å²) in [5.74, 6) is -0.147. The first-order valence-corrected chi connectivity index (χ1v) is 8.35. The molecule has 138 valence electrons. The number of urea groups is 1. The van der Waals surface area contributed by atoms with Gasteiger partial charge in [-0.1, -0.05) is 0 Å². The molecule has 2 N–H and O–H groups in total. The number of rotatable bonds is 5. The van der Waals surface area contributed by atoms with Crippen LogP contribution in [0.5, 0.6) is 0 Å². The van der Waals surface area contributed by atoms with Crippen molar-refractivity contribution in [3.8, 4) is 0 Å². The van der Waals surface area contributed by atoms with Gasteiger partial charge in [-0.3, -0.25) is 14.5 Å². The lowest BCUT2D eigenvalue weighted by Crippen LogP contribution is -2.41. The summed E-state index contributed by atoms with van der Waals surface area (Å²) < 4.78 is 7.06. The van der Waals surface area contributed by atoms with Crippen molar-refractivity contribution in [1.82, 2.24) is 19.7 Å². The normalized spacial score (nSPS) is 19.4. The quantitative estimate of drug-likeness (QED) is 0.848. The Hall–Kier alpha value is -2.94. The lowest BCUT2D eigenvalue weighted by Gasteiger charge is -2.24. The average Bonchev–Trinajstić information content (AvgIpc) is 3.22. The summed E-state index contributed by atoms with van der Waals surface area (Å²) in [7, 11) is 1.62. The molecule has 26 heavy (non-hydrogen) atoms. The number of anilines is 2. The Morgan fingerprint density at radius 2 is 2.15 bits per heavy atom. The van der Waals surface area contributed by atoms with Gasteiger partial charge in [-0.05, 0) is 18.6 Å². The van der Waals surface area contributed by atoms with Gasteiger partial charge in [-0.25, -0.2) is 4.79 Å². The van der Waals surface area contributed by atoms with Crippen LogP contribution in [0.25, 0.3) is 0 Å². The Morgan fingerprint density at radius 1 is 1.31 bits per heavy atom. The Morgan fingerprint density at radius 3 is 2.85 bits per heavy atom. The van der Waals surface area contributed by atoms with Gasteiger partial charge in [0.05, 0.1) is 42.5 Å². The van der Waals surface area contributed by atoms with Gasteiger partial charge in [0.1, 0.15) is 0 Å². The molecule has 3 heterocycles. The molecule has 0 aliphatic carbocycles. The predicted molar refractivity (Wildman–Crippen MR) is 95.8 cm³/mol. The minimum absolute atomic E-state index is 0.0114. The fourth-order valence-corrected chi connectivity index (χ4v) is 3.12. The van der Waals surface area contributed by atoms with E-state index in [9.17, 15) is 9.59 Å². The van der Waals surface area contributed by atoms with E-state index in [0.29, 0.717) is 24.5 Å². The average molecular weight is 358 g/mol. The number of hydrogen-bond donors (Lipinski definition) is 2. The number of nitrogens with one attached hydrogen (secondary N) is 2. The van der Waals surface area contributed by atoms with Crippen LogP contribution >= 0.6 is 0 Å². The Balaban J connectivity index is 1.70. The topological polar surface area (TPSA) is 101 Å². The SMILES string of the molecule is COC[C@@H]1C[C@H](n2cc(NC(C)=O)cn2)CN1C(=O)Nc1cccnc1. The van der Waals surface area contributed by atoms with E-state index in [1.54, 1.807) is 53.6 Å². The van der Waals surface area contributed by atoms with Gasteiger partial charge in [0.25, 0.3) is 0 Å². The summed E-state index contributed by atoms with van der Waals surface area (Å²) >= 11 is 0. The molecule has 0 radical (unpaired) electrons. The third-order valence-electron chi connectivity index (χ3n) is 4.22. The van der Waals surface area contributed by atoms with Gasteiger partial charge in [0, 0.05) is 33.0 Å². The third-order valence-corrected chi connectivity index (χ3v) is 4.22. The third kappa shape index (κ3) is 4.17. The Bertz CT molecular complexity index is 763. The van der Waals surface area contributed by atoms with Crippen LogP contribution in [0.4, 0.5) is 16.2 Å². The summed E-state index contributed by atoms with van der Waals surface area (Å²) in [6, 6.07) is 3.31. The molecule has 1 saturated heterocycles. The molecule has 9 heteroatoms. The minimum atomic E-state index is -0.197. The fraction of sp³-hybridized carbons (Fsp3) is 0.412. The number of pyridine rings is 1. The Kier molecular flexibility index (Phi) is 5.47. The first kappa shape index (κ1) is 17.9. The van der Waals surface area contributed by atoms with Crippen molar-refractivity contribution in [3.63, 3.8) is 0 Å². The van der Waals surface area contributed by atoms with E-state index in [1.165, 1.54) is 6.92 Å². The molecule has 3 rings (SSSR count). The second-order valence-corrected chi connectivity index (χ2v) is 6.21. The number of likely N-dealkylation sites (tertiary alicyclic amines) is 1. The summed E-state index contributed by atoms with van der Waals surface area (Å²) in [4.78, 5) is 29.6. The van der Waals surface area contributed by atoms with Crippen LogP contribution in [0.1, 0.15) is 19.4 Å². The number of carbonyl (C=O) groups excluding carboxylic acids is 2. The van der Waals surface area contributed by atoms with E-state index in [-0.39, 0.29) is 24.0 Å². The summed E-state index contributed by atoms with van der Waals surface area (Å²) in [6.07, 6.45) is 7.35. The van der Waals surface area contributed by atoms with E-state index in [0.717, 1.165) is 6.42 Å². The molecule has 0 aromatic carbocycles. The number of carbonyl (C=O) groups is 2. The molecule has 1 fully saturated rings. The zero-order valence-electron chi connectivity index (χ0n) is 14.8. The largest absolute Gasteiger partial charge is 0.383 e. The molecule has 1 aliphatic rings. The van der Waals surface area contributed by atoms with Crippen LogP contribution in [-0.4, -0.2) is 57.9 Å². The van der Waals surface area contributed by atoms with Gasteiger partial charge < -0.3 is 20.3 Å². The molecule has 0 spiro atoms. The highest BCUT2D eigenvalue weighted by Crippen LogP contribution is 2.28. The molecule has 1 aliphatic heterocycles. The fourth-order valence-electron chi connectivity index (χ4n) is 3.12. The number of ether oxygens (including phenoxy) is 1. The molecule has 2 aromatic rings. The molecule has 2 atom stereocenters. The van der Waals surface area contributed by atoms with Crippen molar-refractivity contribution in [2.24, 2.45) is 0 Å². The summed E-state index contributed by atoms with van der Waals surface area (Å²) in [6.45, 7) is 2.39. The van der Waals surface area contributed by atoms with E-state index >= 15 is 0 Å². The smallest absolute Gasteiger partial charge is 0.322 e. The molecule has 0 saturated carbocycles. The lowest BCUT2D eigenvalue weighted by molar-refractivity contribution is -0.114. The summed E-state index contributed by atoms with van der Waals surface area (Å²) in [5, 5.41) is 9.88. The van der Waals surface area contributed by atoms with Crippen LogP contribution < -0.4 is 10.6 Å². The van der Waals surface area contributed by atoms with E-state index in [4.69, 9.17) is 4.74 Å². The molecule has 0 bridgehead atoms. The second-order valence-electron chi connectivity index (χ2n) is 6.21. The van der Waals surface area contributed by atoms with Crippen LogP contribution in [0.2, 0.25) is 0 Å². The van der Waals surface area contributed by atoms with Crippen LogP contribution in [-0.2, 0) is 9.53 Å². The number of amides is 3. The zero-order valence-corrected chi connectivity index (χ0v) is 14.8. The van der Waals surface area contributed by atoms with Crippen molar-refractivity contribution in [3.05, 3.63) is 36.9 Å². The molecular formula is C17H22N6O3. The van der Waals surface area contributed by atoms with Gasteiger partial charge in [0.15, 0.2) is 0 Å². The highest BCUT2D eigenvalue weighted by atomic mass is 16.5. The number of nitrogens with zero attached hydrogens (tertiary/aromatic N) is 4. The highest BCUT2D eigenvalue weighted by molar-refractivity contribution is 5.89. The molecule has 3 amide bonds. The van der Waals surface area contributed by atoms with E-state index < -0.39 is 0 Å². The Labute approximate surface area is 151 Å². The van der Waals surface area contributed by atoms with Crippen molar-refractivity contribution in [2.75, 3.05) is 30.9 Å². The zero-order chi connectivity index (χ0) is 18.5. The lowest BCUT2D eigenvalue weighted by atomic mass is 10.2. The van der Waals surface area contributed by atoms with Crippen LogP contribution in [0, 0.1) is 0 Å². The van der Waals surface area contributed by atoms with Gasteiger partial charge in [-0.2, -0.15) is 5.10 Å². The molecule has 0 unspecified atom stereocenters. The van der Waals surface area contributed by atoms with Crippen molar-refractivity contribution in [2.45, 2.75) is 25.4 Å². The minimum Gasteiger partial charge on any atom is -0.383 e. The first-order chi connectivity index (χ1) is 12.6. The molecular weight excluding hydrogens is 336 g/mol. The number of hydrogen-bond acceptors (Lipinski definition) is 5. The standard InChI is InChI=1S/C17H22N6O3/c1-12(24)20-14-8-19-23(9-14)15-6-16(11-26-2)22(10-15)17(25)21-13-4-3-5-18-7-13/h3-5,7-9,15-16H,6,10-11H2,1-2H3,(H,20,24)(H,21,25)/t15-,16-/m0/s1. The van der Waals surface area contributed by atoms with E-state index in [2.05, 4.69) is 20.7 Å². The maximum Gasteiger partial charge on any atom is 0.322 e. The number of methoxy groups -OCH3 is 1. The predicted octanol–water partition coefficient (Wildman–Crippen LogP) is 1.73. The maximum atomic E-state index is 12.7. The van der Waals surface area contributed by atoms with Gasteiger partial charge in [0.2, 0.25) is 5.91 Å². The second kappa shape index (κ2) is 7.96. The van der Waals surface area contributed by atoms with Gasteiger partial charge in [-0.15, -0.1) is 0 Å². The van der Waals surface area contributed by atoms with Crippen molar-refractivity contribution < 1.29 is 14.3 Å². The number of aromatic nitrogens is 3. The highest BCUT2D eigenvalue weighted by Gasteiger charge is 2.36. The van der Waals surface area contributed by atoms with Crippen molar-refractivity contribution in [1.29, 1.82) is 0 Å². The molecule has 9 nitrogen and oxygen atoms in total. The summed E-state index contributed by atoms with van der Waals surface area (Å²) in [5.41, 5.74) is 1.28. The van der Waals surface area contributed by atoms with Crippen molar-refractivity contribution >= 4 is 23.3 Å². The monoisotopic (exact) mass is 358 g/mol. The van der Waals surface area contributed by atoms with Gasteiger partial charge >= 0.3 is 6.03 Å². The maximum absolute atomic E-state index is 12.7. The van der Waals surface area contributed by atoms with Crippen LogP contribution in [0.3, 0.4) is 0 Å². The first-order valence-electron chi connectivity index (χ1n) is 8.35.